The molecule has 1 fully saturated rings. The number of nitrogens with zero attached hydrogens (tertiary/aromatic N) is 1. The number of piperidine rings is 1. The largest absolute Gasteiger partial charge is 0.508 e. The van der Waals surface area contributed by atoms with E-state index in [1.807, 2.05) is 18.2 Å². The van der Waals surface area contributed by atoms with Crippen molar-refractivity contribution in [1.29, 1.82) is 0 Å². The van der Waals surface area contributed by atoms with Crippen molar-refractivity contribution in [3.8, 4) is 5.75 Å². The minimum Gasteiger partial charge on any atom is -0.508 e. The molecule has 2 rings (SSSR count). The van der Waals surface area contributed by atoms with Crippen LogP contribution >= 0.6 is 17.0 Å². The highest BCUT2D eigenvalue weighted by atomic mass is 79.9. The van der Waals surface area contributed by atoms with Gasteiger partial charge < -0.3 is 10.0 Å². The van der Waals surface area contributed by atoms with E-state index < -0.39 is 0 Å². The number of para-hydroxylation sites is 1. The molecule has 1 aliphatic heterocycles. The third-order valence-corrected chi connectivity index (χ3v) is 3.10. The first-order valence-electron chi connectivity index (χ1n) is 5.24. The SMILES string of the molecule is Br.CN1CCC(c2ccccc2O)CC1. The molecule has 15 heavy (non-hydrogen) atoms. The first-order chi connectivity index (χ1) is 6.77. The van der Waals surface area contributed by atoms with Gasteiger partial charge in [0.15, 0.2) is 0 Å². The maximum atomic E-state index is 9.72. The zero-order chi connectivity index (χ0) is 9.97. The highest BCUT2D eigenvalue weighted by Crippen LogP contribution is 2.32. The number of benzene rings is 1. The van der Waals surface area contributed by atoms with Crippen molar-refractivity contribution in [1.82, 2.24) is 4.90 Å². The number of aromatic hydroxyl groups is 1. The van der Waals surface area contributed by atoms with Crippen LogP contribution in [0.25, 0.3) is 0 Å². The molecule has 1 heterocycles. The van der Waals surface area contributed by atoms with Gasteiger partial charge in [0.25, 0.3) is 0 Å². The van der Waals surface area contributed by atoms with Crippen LogP contribution in [0.2, 0.25) is 0 Å². The summed E-state index contributed by atoms with van der Waals surface area (Å²) in [6.07, 6.45) is 2.32. The number of phenols is 1. The van der Waals surface area contributed by atoms with Crippen molar-refractivity contribution in [3.63, 3.8) is 0 Å². The summed E-state index contributed by atoms with van der Waals surface area (Å²) >= 11 is 0. The maximum absolute atomic E-state index is 9.72. The van der Waals surface area contributed by atoms with Gasteiger partial charge in [-0.05, 0) is 50.5 Å². The molecule has 2 nitrogen and oxygen atoms in total. The van der Waals surface area contributed by atoms with Crippen molar-refractivity contribution in [2.24, 2.45) is 0 Å². The molecule has 0 spiro atoms. The van der Waals surface area contributed by atoms with E-state index in [0.717, 1.165) is 31.5 Å². The van der Waals surface area contributed by atoms with Crippen LogP contribution in [-0.2, 0) is 0 Å². The van der Waals surface area contributed by atoms with E-state index in [2.05, 4.69) is 11.9 Å². The fourth-order valence-electron chi connectivity index (χ4n) is 2.15. The average Bonchev–Trinajstić information content (AvgIpc) is 2.20. The van der Waals surface area contributed by atoms with Gasteiger partial charge >= 0.3 is 0 Å². The molecule has 0 amide bonds. The Bertz CT molecular complexity index is 308. The van der Waals surface area contributed by atoms with Crippen molar-refractivity contribution in [2.45, 2.75) is 18.8 Å². The molecule has 0 aliphatic carbocycles. The Kier molecular flexibility index (Phi) is 4.61. The van der Waals surface area contributed by atoms with Crippen molar-refractivity contribution >= 4 is 17.0 Å². The summed E-state index contributed by atoms with van der Waals surface area (Å²) in [5.74, 6) is 1.01. The lowest BCUT2D eigenvalue weighted by Crippen LogP contribution is -2.29. The zero-order valence-corrected chi connectivity index (χ0v) is 10.7. The van der Waals surface area contributed by atoms with E-state index in [9.17, 15) is 5.11 Å². The standard InChI is InChI=1S/C12H17NO.BrH/c1-13-8-6-10(7-9-13)11-4-2-3-5-12(11)14;/h2-5,10,14H,6-9H2,1H3;1H. The predicted octanol–water partition coefficient (Wildman–Crippen LogP) is 2.78. The second-order valence-electron chi connectivity index (χ2n) is 4.14. The Morgan fingerprint density at radius 2 is 1.80 bits per heavy atom. The summed E-state index contributed by atoms with van der Waals surface area (Å²) < 4.78 is 0. The third kappa shape index (κ3) is 2.95. The summed E-state index contributed by atoms with van der Waals surface area (Å²) in [6, 6.07) is 7.72. The van der Waals surface area contributed by atoms with Gasteiger partial charge in [0.1, 0.15) is 5.75 Å². The average molecular weight is 272 g/mol. The van der Waals surface area contributed by atoms with Gasteiger partial charge in [-0.2, -0.15) is 0 Å². The molecule has 3 heteroatoms. The molecular formula is C12H18BrNO. The lowest BCUT2D eigenvalue weighted by Gasteiger charge is -2.29. The monoisotopic (exact) mass is 271 g/mol. The van der Waals surface area contributed by atoms with Crippen molar-refractivity contribution in [3.05, 3.63) is 29.8 Å². The lowest BCUT2D eigenvalue weighted by atomic mass is 9.89. The van der Waals surface area contributed by atoms with Crippen LogP contribution in [-0.4, -0.2) is 30.1 Å². The smallest absolute Gasteiger partial charge is 0.119 e. The molecule has 0 atom stereocenters. The molecule has 0 unspecified atom stereocenters. The third-order valence-electron chi connectivity index (χ3n) is 3.10. The lowest BCUT2D eigenvalue weighted by molar-refractivity contribution is 0.253. The number of phenolic OH excluding ortho intramolecular Hbond substituents is 1. The minimum absolute atomic E-state index is 0. The van der Waals surface area contributed by atoms with Crippen molar-refractivity contribution < 1.29 is 5.11 Å². The van der Waals surface area contributed by atoms with E-state index >= 15 is 0 Å². The summed E-state index contributed by atoms with van der Waals surface area (Å²) in [4.78, 5) is 2.34. The quantitative estimate of drug-likeness (QED) is 0.849. The molecule has 1 aliphatic rings. The predicted molar refractivity (Wildman–Crippen MR) is 67.9 cm³/mol. The Balaban J connectivity index is 0.00000112. The Labute approximate surface area is 102 Å². The molecule has 1 aromatic carbocycles. The van der Waals surface area contributed by atoms with Gasteiger partial charge in [0, 0.05) is 0 Å². The van der Waals surface area contributed by atoms with Gasteiger partial charge in [-0.25, -0.2) is 0 Å². The van der Waals surface area contributed by atoms with Crippen molar-refractivity contribution in [2.75, 3.05) is 20.1 Å². The van der Waals surface area contributed by atoms with Crippen LogP contribution in [0.5, 0.6) is 5.75 Å². The molecule has 0 bridgehead atoms. The van der Waals surface area contributed by atoms with Gasteiger partial charge in [-0.3, -0.25) is 0 Å². The van der Waals surface area contributed by atoms with Crippen LogP contribution in [0.3, 0.4) is 0 Å². The number of halogens is 1. The van der Waals surface area contributed by atoms with Crippen LogP contribution in [0, 0.1) is 0 Å². The van der Waals surface area contributed by atoms with Gasteiger partial charge in [0.05, 0.1) is 0 Å². The molecule has 0 saturated carbocycles. The van der Waals surface area contributed by atoms with Gasteiger partial charge in [-0.15, -0.1) is 17.0 Å². The molecule has 1 saturated heterocycles. The highest BCUT2D eigenvalue weighted by Gasteiger charge is 2.20. The Morgan fingerprint density at radius 1 is 1.20 bits per heavy atom. The van der Waals surface area contributed by atoms with Crippen LogP contribution in [0.1, 0.15) is 24.3 Å². The van der Waals surface area contributed by atoms with E-state index in [0.29, 0.717) is 11.7 Å². The topological polar surface area (TPSA) is 23.5 Å². The van der Waals surface area contributed by atoms with E-state index in [-0.39, 0.29) is 17.0 Å². The fraction of sp³-hybridized carbons (Fsp3) is 0.500. The maximum Gasteiger partial charge on any atom is 0.119 e. The molecule has 84 valence electrons. The van der Waals surface area contributed by atoms with Crippen LogP contribution in [0.4, 0.5) is 0 Å². The van der Waals surface area contributed by atoms with Gasteiger partial charge in [0.2, 0.25) is 0 Å². The Morgan fingerprint density at radius 3 is 2.40 bits per heavy atom. The second kappa shape index (κ2) is 5.52. The normalized spacial score (nSPS) is 18.5. The number of rotatable bonds is 1. The van der Waals surface area contributed by atoms with E-state index in [1.54, 1.807) is 6.07 Å². The second-order valence-corrected chi connectivity index (χ2v) is 4.14. The summed E-state index contributed by atoms with van der Waals surface area (Å²) in [7, 11) is 2.15. The van der Waals surface area contributed by atoms with Crippen LogP contribution < -0.4 is 0 Å². The summed E-state index contributed by atoms with van der Waals surface area (Å²) in [6.45, 7) is 2.28. The molecule has 0 aromatic heterocycles. The van der Waals surface area contributed by atoms with Gasteiger partial charge in [-0.1, -0.05) is 18.2 Å². The summed E-state index contributed by atoms with van der Waals surface area (Å²) in [5, 5.41) is 9.72. The minimum atomic E-state index is 0. The number of hydrogen-bond acceptors (Lipinski definition) is 2. The first-order valence-corrected chi connectivity index (χ1v) is 5.24. The Hall–Kier alpha value is -0.540. The highest BCUT2D eigenvalue weighted by molar-refractivity contribution is 8.93. The van der Waals surface area contributed by atoms with E-state index in [1.165, 1.54) is 0 Å². The summed E-state index contributed by atoms with van der Waals surface area (Å²) in [5.41, 5.74) is 1.13. The molecule has 0 radical (unpaired) electrons. The first kappa shape index (κ1) is 12.5. The molecule has 1 aromatic rings. The number of hydrogen-bond donors (Lipinski definition) is 1. The number of likely N-dealkylation sites (tertiary alicyclic amines) is 1. The zero-order valence-electron chi connectivity index (χ0n) is 9.02. The fourth-order valence-corrected chi connectivity index (χ4v) is 2.15. The molecular weight excluding hydrogens is 254 g/mol. The molecule has 1 N–H and O–H groups in total. The van der Waals surface area contributed by atoms with E-state index in [4.69, 9.17) is 0 Å². The van der Waals surface area contributed by atoms with Crippen LogP contribution in [0.15, 0.2) is 24.3 Å².